The number of methoxy groups -OCH3 is 1. The molecule has 1 aromatic heterocycles. The van der Waals surface area contributed by atoms with Gasteiger partial charge in [-0.05, 0) is 29.8 Å². The number of nitrogens with one attached hydrogen (secondary N) is 1. The molecule has 1 atom stereocenters. The largest absolute Gasteiger partial charge is 0.383 e. The molecule has 2 rings (SSSR count). The van der Waals surface area contributed by atoms with E-state index in [1.807, 2.05) is 0 Å². The maximum Gasteiger partial charge on any atom is 0.274 e. The number of nitrogens with zero attached hydrogens (tertiary/aromatic N) is 1. The van der Waals surface area contributed by atoms with Crippen molar-refractivity contribution in [1.82, 2.24) is 4.57 Å². The topological polar surface area (TPSA) is 86.3 Å². The van der Waals surface area contributed by atoms with E-state index in [0.29, 0.717) is 0 Å². The fourth-order valence-corrected chi connectivity index (χ4v) is 2.02. The van der Waals surface area contributed by atoms with E-state index in [-0.39, 0.29) is 30.2 Å². The molecule has 0 aliphatic rings. The molecular weight excluding hydrogens is 301 g/mol. The van der Waals surface area contributed by atoms with E-state index < -0.39 is 11.9 Å². The summed E-state index contributed by atoms with van der Waals surface area (Å²) < 4.78 is 19.1. The minimum atomic E-state index is -0.856. The number of carbonyl (C=O) groups excluding carboxylic acids is 1. The number of amides is 1. The van der Waals surface area contributed by atoms with Crippen LogP contribution < -0.4 is 16.6 Å². The van der Waals surface area contributed by atoms with Crippen molar-refractivity contribution in [1.29, 1.82) is 0 Å². The highest BCUT2D eigenvalue weighted by atomic mass is 19.1. The number of benzene rings is 1. The van der Waals surface area contributed by atoms with Gasteiger partial charge in [0.05, 0.1) is 13.2 Å². The fourth-order valence-electron chi connectivity index (χ4n) is 2.02. The Kier molecular flexibility index (Phi) is 5.61. The number of hydrogen-bond acceptors (Lipinski definition) is 4. The second-order valence-electron chi connectivity index (χ2n) is 5.03. The molecule has 23 heavy (non-hydrogen) atoms. The number of hydrogen-bond donors (Lipinski definition) is 2. The SMILES string of the molecule is COCC(N)C(=O)Nc1cccn(Cc2ccc(F)cc2)c1=O. The molecule has 0 spiro atoms. The zero-order valence-electron chi connectivity index (χ0n) is 12.7. The van der Waals surface area contributed by atoms with Gasteiger partial charge in [-0.15, -0.1) is 0 Å². The lowest BCUT2D eigenvalue weighted by molar-refractivity contribution is -0.118. The maximum atomic E-state index is 12.9. The van der Waals surface area contributed by atoms with Gasteiger partial charge >= 0.3 is 0 Å². The third kappa shape index (κ3) is 4.48. The van der Waals surface area contributed by atoms with Gasteiger partial charge in [0.1, 0.15) is 17.5 Å². The summed E-state index contributed by atoms with van der Waals surface area (Å²) in [5.74, 6) is -0.835. The van der Waals surface area contributed by atoms with Crippen molar-refractivity contribution in [3.8, 4) is 0 Å². The highest BCUT2D eigenvalue weighted by molar-refractivity contribution is 5.94. The monoisotopic (exact) mass is 319 g/mol. The molecule has 1 amide bonds. The smallest absolute Gasteiger partial charge is 0.274 e. The van der Waals surface area contributed by atoms with Crippen LogP contribution in [0.2, 0.25) is 0 Å². The molecule has 2 aromatic rings. The first-order valence-electron chi connectivity index (χ1n) is 7.00. The molecule has 1 aromatic carbocycles. The third-order valence-electron chi connectivity index (χ3n) is 3.23. The number of carbonyl (C=O) groups is 1. The molecule has 0 saturated carbocycles. The summed E-state index contributed by atoms with van der Waals surface area (Å²) >= 11 is 0. The first-order chi connectivity index (χ1) is 11.0. The molecule has 0 bridgehead atoms. The maximum absolute atomic E-state index is 12.9. The van der Waals surface area contributed by atoms with E-state index >= 15 is 0 Å². The molecule has 0 fully saturated rings. The summed E-state index contributed by atoms with van der Waals surface area (Å²) in [5.41, 5.74) is 6.16. The number of nitrogens with two attached hydrogens (primary N) is 1. The van der Waals surface area contributed by atoms with Crippen LogP contribution in [0.3, 0.4) is 0 Å². The Labute approximate surface area is 132 Å². The molecule has 3 N–H and O–H groups in total. The highest BCUT2D eigenvalue weighted by Gasteiger charge is 2.15. The van der Waals surface area contributed by atoms with Crippen LogP contribution in [0.1, 0.15) is 5.56 Å². The minimum absolute atomic E-state index is 0.0580. The number of rotatable bonds is 6. The Hall–Kier alpha value is -2.51. The van der Waals surface area contributed by atoms with Gasteiger partial charge in [-0.25, -0.2) is 4.39 Å². The first-order valence-corrected chi connectivity index (χ1v) is 7.00. The number of pyridine rings is 1. The van der Waals surface area contributed by atoms with Crippen molar-refractivity contribution in [3.63, 3.8) is 0 Å². The van der Waals surface area contributed by atoms with Crippen molar-refractivity contribution in [2.75, 3.05) is 19.0 Å². The van der Waals surface area contributed by atoms with Crippen molar-refractivity contribution in [2.24, 2.45) is 5.73 Å². The van der Waals surface area contributed by atoms with Gasteiger partial charge in [-0.3, -0.25) is 9.59 Å². The van der Waals surface area contributed by atoms with E-state index in [1.54, 1.807) is 24.4 Å². The molecule has 0 aliphatic carbocycles. The number of anilines is 1. The van der Waals surface area contributed by atoms with Crippen LogP contribution in [0.15, 0.2) is 47.4 Å². The second-order valence-corrected chi connectivity index (χ2v) is 5.03. The molecule has 1 unspecified atom stereocenters. The van der Waals surface area contributed by atoms with Gasteiger partial charge in [-0.2, -0.15) is 0 Å². The van der Waals surface area contributed by atoms with Gasteiger partial charge in [0.25, 0.3) is 5.56 Å². The third-order valence-corrected chi connectivity index (χ3v) is 3.23. The second kappa shape index (κ2) is 7.66. The van der Waals surface area contributed by atoms with E-state index in [1.165, 1.54) is 29.9 Å². The van der Waals surface area contributed by atoms with Crippen LogP contribution in [-0.4, -0.2) is 30.2 Å². The Morgan fingerprint density at radius 1 is 1.35 bits per heavy atom. The van der Waals surface area contributed by atoms with Gasteiger partial charge in [0.2, 0.25) is 5.91 Å². The zero-order chi connectivity index (χ0) is 16.8. The van der Waals surface area contributed by atoms with Crippen LogP contribution in [0, 0.1) is 5.82 Å². The molecule has 122 valence electrons. The predicted octanol–water partition coefficient (Wildman–Crippen LogP) is 0.948. The summed E-state index contributed by atoms with van der Waals surface area (Å²) in [5, 5.41) is 2.49. The molecule has 0 aliphatic heterocycles. The minimum Gasteiger partial charge on any atom is -0.383 e. The molecule has 1 heterocycles. The Bertz CT molecular complexity index is 728. The van der Waals surface area contributed by atoms with Gasteiger partial charge in [0, 0.05) is 13.3 Å². The quantitative estimate of drug-likeness (QED) is 0.830. The average molecular weight is 319 g/mol. The van der Waals surface area contributed by atoms with Crippen molar-refractivity contribution < 1.29 is 13.9 Å². The van der Waals surface area contributed by atoms with Crippen molar-refractivity contribution in [3.05, 3.63) is 64.3 Å². The van der Waals surface area contributed by atoms with Crippen LogP contribution in [0.4, 0.5) is 10.1 Å². The lowest BCUT2D eigenvalue weighted by Crippen LogP contribution is -2.40. The number of aromatic nitrogens is 1. The molecule has 7 heteroatoms. The van der Waals surface area contributed by atoms with Crippen LogP contribution >= 0.6 is 0 Å². The average Bonchev–Trinajstić information content (AvgIpc) is 2.53. The van der Waals surface area contributed by atoms with E-state index in [4.69, 9.17) is 10.5 Å². The lowest BCUT2D eigenvalue weighted by Gasteiger charge is -2.12. The van der Waals surface area contributed by atoms with Gasteiger partial charge in [0.15, 0.2) is 0 Å². The zero-order valence-corrected chi connectivity index (χ0v) is 12.7. The Balaban J connectivity index is 2.16. The fraction of sp³-hybridized carbons (Fsp3) is 0.250. The van der Waals surface area contributed by atoms with Gasteiger partial charge < -0.3 is 20.4 Å². The standard InChI is InChI=1S/C16H18FN3O3/c1-23-10-13(18)15(21)19-14-3-2-8-20(16(14)22)9-11-4-6-12(17)7-5-11/h2-8,13H,9-10,18H2,1H3,(H,19,21). The Morgan fingerprint density at radius 2 is 2.04 bits per heavy atom. The molecule has 6 nitrogen and oxygen atoms in total. The molecule has 0 radical (unpaired) electrons. The van der Waals surface area contributed by atoms with E-state index in [9.17, 15) is 14.0 Å². The number of halogens is 1. The Morgan fingerprint density at radius 3 is 2.70 bits per heavy atom. The van der Waals surface area contributed by atoms with Crippen molar-refractivity contribution >= 4 is 11.6 Å². The van der Waals surface area contributed by atoms with Gasteiger partial charge in [-0.1, -0.05) is 12.1 Å². The lowest BCUT2D eigenvalue weighted by atomic mass is 10.2. The summed E-state index contributed by atoms with van der Waals surface area (Å²) in [6.45, 7) is 0.329. The summed E-state index contributed by atoms with van der Waals surface area (Å²) in [7, 11) is 1.44. The van der Waals surface area contributed by atoms with Crippen LogP contribution in [0.25, 0.3) is 0 Å². The predicted molar refractivity (Wildman–Crippen MR) is 84.7 cm³/mol. The molecule has 0 saturated heterocycles. The van der Waals surface area contributed by atoms with E-state index in [0.717, 1.165) is 5.56 Å². The number of ether oxygens (including phenoxy) is 1. The highest BCUT2D eigenvalue weighted by Crippen LogP contribution is 2.06. The molecular formula is C16H18FN3O3. The van der Waals surface area contributed by atoms with Crippen LogP contribution in [-0.2, 0) is 16.1 Å². The first kappa shape index (κ1) is 16.9. The summed E-state index contributed by atoms with van der Waals surface area (Å²) in [6, 6.07) is 8.14. The van der Waals surface area contributed by atoms with Crippen LogP contribution in [0.5, 0.6) is 0 Å². The summed E-state index contributed by atoms with van der Waals surface area (Å²) in [4.78, 5) is 24.2. The van der Waals surface area contributed by atoms with Crippen molar-refractivity contribution in [2.45, 2.75) is 12.6 Å². The summed E-state index contributed by atoms with van der Waals surface area (Å²) in [6.07, 6.45) is 1.59. The van der Waals surface area contributed by atoms with E-state index in [2.05, 4.69) is 5.32 Å². The normalized spacial score (nSPS) is 12.0.